The van der Waals surface area contributed by atoms with Gasteiger partial charge in [0.1, 0.15) is 5.76 Å². The number of pyridine rings is 1. The van der Waals surface area contributed by atoms with E-state index in [2.05, 4.69) is 20.4 Å². The fraction of sp³-hybridized carbons (Fsp3) is 0.400. The number of piperazine rings is 1. The SMILES string of the molecule is Cc1cc(N2CCN(C(=O)NCc3ccccn3)CC2)no1. The van der Waals surface area contributed by atoms with E-state index in [1.807, 2.05) is 36.1 Å². The molecule has 0 aliphatic carbocycles. The van der Waals surface area contributed by atoms with Crippen molar-refractivity contribution in [2.45, 2.75) is 13.5 Å². The largest absolute Gasteiger partial charge is 0.360 e. The highest BCUT2D eigenvalue weighted by Gasteiger charge is 2.22. The van der Waals surface area contributed by atoms with Crippen molar-refractivity contribution in [2.75, 3.05) is 31.1 Å². The first-order valence-corrected chi connectivity index (χ1v) is 7.33. The Morgan fingerprint density at radius 3 is 2.77 bits per heavy atom. The van der Waals surface area contributed by atoms with Crippen molar-refractivity contribution in [1.29, 1.82) is 0 Å². The van der Waals surface area contributed by atoms with E-state index in [1.165, 1.54) is 0 Å². The van der Waals surface area contributed by atoms with E-state index in [0.29, 0.717) is 19.6 Å². The molecule has 1 fully saturated rings. The molecule has 3 rings (SSSR count). The van der Waals surface area contributed by atoms with Gasteiger partial charge in [-0.05, 0) is 19.1 Å². The summed E-state index contributed by atoms with van der Waals surface area (Å²) in [6.45, 7) is 5.16. The molecule has 2 aromatic heterocycles. The number of nitrogens with one attached hydrogen (secondary N) is 1. The highest BCUT2D eigenvalue weighted by Crippen LogP contribution is 2.15. The molecule has 22 heavy (non-hydrogen) atoms. The van der Waals surface area contributed by atoms with Gasteiger partial charge in [0.05, 0.1) is 12.2 Å². The minimum absolute atomic E-state index is 0.0540. The minimum Gasteiger partial charge on any atom is -0.360 e. The van der Waals surface area contributed by atoms with Gasteiger partial charge in [-0.3, -0.25) is 4.98 Å². The van der Waals surface area contributed by atoms with E-state index in [1.54, 1.807) is 6.20 Å². The number of aromatic nitrogens is 2. The number of hydrogen-bond acceptors (Lipinski definition) is 5. The second-order valence-electron chi connectivity index (χ2n) is 5.25. The lowest BCUT2D eigenvalue weighted by molar-refractivity contribution is 0.193. The van der Waals surface area contributed by atoms with E-state index in [4.69, 9.17) is 4.52 Å². The summed E-state index contributed by atoms with van der Waals surface area (Å²) in [7, 11) is 0. The molecule has 7 nitrogen and oxygen atoms in total. The molecular weight excluding hydrogens is 282 g/mol. The lowest BCUT2D eigenvalue weighted by atomic mass is 10.3. The monoisotopic (exact) mass is 301 g/mol. The third-order valence-corrected chi connectivity index (χ3v) is 3.65. The average molecular weight is 301 g/mol. The standard InChI is InChI=1S/C15H19N5O2/c1-12-10-14(18-22-12)19-6-8-20(9-7-19)15(21)17-11-13-4-2-3-5-16-13/h2-5,10H,6-9,11H2,1H3,(H,17,21). The lowest BCUT2D eigenvalue weighted by Gasteiger charge is -2.34. The van der Waals surface area contributed by atoms with Gasteiger partial charge in [-0.25, -0.2) is 4.79 Å². The normalized spacial score (nSPS) is 15.0. The molecule has 1 N–H and O–H groups in total. The van der Waals surface area contributed by atoms with E-state index < -0.39 is 0 Å². The summed E-state index contributed by atoms with van der Waals surface area (Å²) in [5.74, 6) is 1.64. The Morgan fingerprint density at radius 2 is 2.14 bits per heavy atom. The van der Waals surface area contributed by atoms with Gasteiger partial charge in [0.25, 0.3) is 0 Å². The predicted octanol–water partition coefficient (Wildman–Crippen LogP) is 1.41. The van der Waals surface area contributed by atoms with Crippen LogP contribution in [0, 0.1) is 6.92 Å². The molecule has 116 valence electrons. The maximum atomic E-state index is 12.2. The molecule has 0 spiro atoms. The summed E-state index contributed by atoms with van der Waals surface area (Å²) < 4.78 is 5.09. The zero-order chi connectivity index (χ0) is 15.4. The minimum atomic E-state index is -0.0540. The number of nitrogens with zero attached hydrogens (tertiary/aromatic N) is 4. The fourth-order valence-corrected chi connectivity index (χ4v) is 2.42. The van der Waals surface area contributed by atoms with Crippen LogP contribution in [0.15, 0.2) is 35.0 Å². The molecule has 0 aromatic carbocycles. The van der Waals surface area contributed by atoms with Crippen LogP contribution in [0.25, 0.3) is 0 Å². The Kier molecular flexibility index (Phi) is 4.22. The van der Waals surface area contributed by atoms with Crippen molar-refractivity contribution in [3.8, 4) is 0 Å². The van der Waals surface area contributed by atoms with Crippen molar-refractivity contribution in [2.24, 2.45) is 0 Å². The van der Waals surface area contributed by atoms with Crippen LogP contribution >= 0.6 is 0 Å². The molecule has 3 heterocycles. The first-order chi connectivity index (χ1) is 10.7. The average Bonchev–Trinajstić information content (AvgIpc) is 3.00. The van der Waals surface area contributed by atoms with Crippen LogP contribution < -0.4 is 10.2 Å². The molecule has 2 amide bonds. The Morgan fingerprint density at radius 1 is 1.32 bits per heavy atom. The van der Waals surface area contributed by atoms with Crippen LogP contribution in [-0.4, -0.2) is 47.3 Å². The van der Waals surface area contributed by atoms with Crippen LogP contribution in [0.1, 0.15) is 11.5 Å². The molecule has 0 atom stereocenters. The second kappa shape index (κ2) is 6.46. The first-order valence-electron chi connectivity index (χ1n) is 7.33. The molecule has 0 saturated carbocycles. The van der Waals surface area contributed by atoms with Crippen LogP contribution in [0.3, 0.4) is 0 Å². The number of hydrogen-bond donors (Lipinski definition) is 1. The van der Waals surface area contributed by atoms with E-state index in [0.717, 1.165) is 30.4 Å². The highest BCUT2D eigenvalue weighted by molar-refractivity contribution is 5.74. The van der Waals surface area contributed by atoms with Gasteiger partial charge < -0.3 is 19.6 Å². The van der Waals surface area contributed by atoms with E-state index in [-0.39, 0.29) is 6.03 Å². The highest BCUT2D eigenvalue weighted by atomic mass is 16.5. The number of urea groups is 1. The number of amides is 2. The molecular formula is C15H19N5O2. The van der Waals surface area contributed by atoms with Crippen molar-refractivity contribution < 1.29 is 9.32 Å². The fourth-order valence-electron chi connectivity index (χ4n) is 2.42. The summed E-state index contributed by atoms with van der Waals surface area (Å²) in [5.41, 5.74) is 0.854. The number of carbonyl (C=O) groups is 1. The molecule has 2 aromatic rings. The van der Waals surface area contributed by atoms with Gasteiger partial charge in [-0.2, -0.15) is 0 Å². The summed E-state index contributed by atoms with van der Waals surface area (Å²) in [6.07, 6.45) is 1.72. The molecule has 7 heteroatoms. The molecule has 1 aliphatic rings. The second-order valence-corrected chi connectivity index (χ2v) is 5.25. The van der Waals surface area contributed by atoms with Crippen molar-refractivity contribution in [3.05, 3.63) is 41.9 Å². The third-order valence-electron chi connectivity index (χ3n) is 3.65. The molecule has 0 radical (unpaired) electrons. The smallest absolute Gasteiger partial charge is 0.317 e. The molecule has 1 aliphatic heterocycles. The number of aryl methyl sites for hydroxylation is 1. The van der Waals surface area contributed by atoms with Gasteiger partial charge in [0.2, 0.25) is 0 Å². The Balaban J connectivity index is 1.47. The van der Waals surface area contributed by atoms with Gasteiger partial charge in [-0.15, -0.1) is 0 Å². The summed E-state index contributed by atoms with van der Waals surface area (Å²) in [5, 5.41) is 6.91. The zero-order valence-corrected chi connectivity index (χ0v) is 12.5. The first kappa shape index (κ1) is 14.4. The maximum absolute atomic E-state index is 12.2. The van der Waals surface area contributed by atoms with E-state index >= 15 is 0 Å². The van der Waals surface area contributed by atoms with Crippen LogP contribution in [0.5, 0.6) is 0 Å². The Labute approximate surface area is 128 Å². The molecule has 0 bridgehead atoms. The van der Waals surface area contributed by atoms with Crippen LogP contribution in [0.2, 0.25) is 0 Å². The summed E-state index contributed by atoms with van der Waals surface area (Å²) in [4.78, 5) is 20.3. The van der Waals surface area contributed by atoms with E-state index in [9.17, 15) is 4.79 Å². The number of rotatable bonds is 3. The van der Waals surface area contributed by atoms with Crippen molar-refractivity contribution in [1.82, 2.24) is 20.4 Å². The van der Waals surface area contributed by atoms with Gasteiger partial charge in [0, 0.05) is 38.4 Å². The summed E-state index contributed by atoms with van der Waals surface area (Å²) in [6, 6.07) is 7.52. The van der Waals surface area contributed by atoms with Crippen molar-refractivity contribution in [3.63, 3.8) is 0 Å². The Bertz CT molecular complexity index is 620. The van der Waals surface area contributed by atoms with Crippen LogP contribution in [-0.2, 0) is 6.54 Å². The maximum Gasteiger partial charge on any atom is 0.317 e. The van der Waals surface area contributed by atoms with Gasteiger partial charge in [-0.1, -0.05) is 11.2 Å². The number of carbonyl (C=O) groups excluding carboxylic acids is 1. The zero-order valence-electron chi connectivity index (χ0n) is 12.5. The lowest BCUT2D eigenvalue weighted by Crippen LogP contribution is -2.51. The Hall–Kier alpha value is -2.57. The molecule has 1 saturated heterocycles. The number of anilines is 1. The van der Waals surface area contributed by atoms with Gasteiger partial charge >= 0.3 is 6.03 Å². The topological polar surface area (TPSA) is 74.5 Å². The quantitative estimate of drug-likeness (QED) is 0.928. The van der Waals surface area contributed by atoms with Crippen molar-refractivity contribution >= 4 is 11.8 Å². The van der Waals surface area contributed by atoms with Crippen LogP contribution in [0.4, 0.5) is 10.6 Å². The summed E-state index contributed by atoms with van der Waals surface area (Å²) >= 11 is 0. The third kappa shape index (κ3) is 3.36. The predicted molar refractivity (Wildman–Crippen MR) is 81.5 cm³/mol. The molecule has 0 unspecified atom stereocenters. The van der Waals surface area contributed by atoms with Gasteiger partial charge in [0.15, 0.2) is 5.82 Å².